The second-order valence-corrected chi connectivity index (χ2v) is 6.31. The lowest BCUT2D eigenvalue weighted by atomic mass is 9.79. The summed E-state index contributed by atoms with van der Waals surface area (Å²) in [5, 5.41) is 0. The SMILES string of the molecule is CC(C)C1=C(C(C)C)CC(F)(F)CC1.CCC.CCC. The molecule has 20 heavy (non-hydrogen) atoms. The molecular weight excluding hydrogens is 254 g/mol. The van der Waals surface area contributed by atoms with E-state index in [1.54, 1.807) is 0 Å². The Morgan fingerprint density at radius 2 is 1.20 bits per heavy atom. The molecule has 0 spiro atoms. The summed E-state index contributed by atoms with van der Waals surface area (Å²) >= 11 is 0. The Labute approximate surface area is 126 Å². The van der Waals surface area contributed by atoms with Crippen molar-refractivity contribution in [3.05, 3.63) is 11.1 Å². The summed E-state index contributed by atoms with van der Waals surface area (Å²) in [6.45, 7) is 16.7. The summed E-state index contributed by atoms with van der Waals surface area (Å²) in [5.41, 5.74) is 2.27. The van der Waals surface area contributed by atoms with Gasteiger partial charge in [-0.15, -0.1) is 0 Å². The standard InChI is InChI=1S/C12H20F2.2C3H8/c1-8(2)10-5-6-12(13,14)7-11(10)9(3)4;2*1-3-2/h8-9H,5-7H2,1-4H3;2*3H2,1-2H3. The summed E-state index contributed by atoms with van der Waals surface area (Å²) in [6, 6.07) is 0. The van der Waals surface area contributed by atoms with E-state index in [-0.39, 0.29) is 18.8 Å². The van der Waals surface area contributed by atoms with Crippen LogP contribution >= 0.6 is 0 Å². The largest absolute Gasteiger partial charge is 0.252 e. The van der Waals surface area contributed by atoms with Crippen molar-refractivity contribution in [3.8, 4) is 0 Å². The Morgan fingerprint density at radius 1 is 0.850 bits per heavy atom. The van der Waals surface area contributed by atoms with Crippen molar-refractivity contribution in [2.45, 2.75) is 93.4 Å². The first kappa shape index (κ1) is 21.9. The van der Waals surface area contributed by atoms with E-state index in [1.165, 1.54) is 18.4 Å². The number of hydrogen-bond acceptors (Lipinski definition) is 0. The Bertz CT molecular complexity index is 261. The zero-order valence-electron chi connectivity index (χ0n) is 14.9. The van der Waals surface area contributed by atoms with Gasteiger partial charge in [0.05, 0.1) is 0 Å². The van der Waals surface area contributed by atoms with Crippen LogP contribution in [0.5, 0.6) is 0 Å². The summed E-state index contributed by atoms with van der Waals surface area (Å²) in [5.74, 6) is -1.78. The highest BCUT2D eigenvalue weighted by atomic mass is 19.3. The third-order valence-corrected chi connectivity index (χ3v) is 3.02. The predicted molar refractivity (Wildman–Crippen MR) is 87.4 cm³/mol. The van der Waals surface area contributed by atoms with Crippen LogP contribution in [0.2, 0.25) is 0 Å². The average Bonchev–Trinajstić information content (AvgIpc) is 2.29. The molecule has 122 valence electrons. The molecule has 0 N–H and O–H groups in total. The summed E-state index contributed by atoms with van der Waals surface area (Å²) in [4.78, 5) is 0. The maximum atomic E-state index is 13.2. The van der Waals surface area contributed by atoms with E-state index in [2.05, 4.69) is 41.5 Å². The fourth-order valence-corrected chi connectivity index (χ4v) is 2.19. The quantitative estimate of drug-likeness (QED) is 0.470. The normalized spacial score (nSPS) is 17.4. The lowest BCUT2D eigenvalue weighted by Crippen LogP contribution is -2.25. The zero-order chi connectivity index (χ0) is 16.3. The minimum absolute atomic E-state index is 0.0157. The van der Waals surface area contributed by atoms with Crippen LogP contribution in [0.15, 0.2) is 11.1 Å². The molecule has 1 aliphatic rings. The first-order chi connectivity index (χ1) is 9.16. The Balaban J connectivity index is 0. The van der Waals surface area contributed by atoms with E-state index in [0.717, 1.165) is 5.57 Å². The van der Waals surface area contributed by atoms with Crippen molar-refractivity contribution < 1.29 is 8.78 Å². The van der Waals surface area contributed by atoms with Crippen molar-refractivity contribution in [2.75, 3.05) is 0 Å². The molecule has 0 aliphatic heterocycles. The Hall–Kier alpha value is -0.400. The zero-order valence-corrected chi connectivity index (χ0v) is 14.9. The molecule has 0 aromatic heterocycles. The molecule has 0 bridgehead atoms. The van der Waals surface area contributed by atoms with Crippen LogP contribution in [0, 0.1) is 11.8 Å². The van der Waals surface area contributed by atoms with E-state index in [9.17, 15) is 8.78 Å². The molecule has 0 amide bonds. The van der Waals surface area contributed by atoms with E-state index in [0.29, 0.717) is 12.3 Å². The molecule has 0 unspecified atom stereocenters. The highest BCUT2D eigenvalue weighted by Crippen LogP contribution is 2.41. The van der Waals surface area contributed by atoms with Gasteiger partial charge in [-0.3, -0.25) is 0 Å². The van der Waals surface area contributed by atoms with Gasteiger partial charge in [-0.05, 0) is 18.3 Å². The number of hydrogen-bond donors (Lipinski definition) is 0. The van der Waals surface area contributed by atoms with E-state index in [1.807, 2.05) is 13.8 Å². The maximum absolute atomic E-state index is 13.2. The van der Waals surface area contributed by atoms with Crippen molar-refractivity contribution in [3.63, 3.8) is 0 Å². The fraction of sp³-hybridized carbons (Fsp3) is 0.889. The van der Waals surface area contributed by atoms with Crippen LogP contribution in [0.25, 0.3) is 0 Å². The van der Waals surface area contributed by atoms with Crippen molar-refractivity contribution in [1.82, 2.24) is 0 Å². The van der Waals surface area contributed by atoms with E-state index < -0.39 is 5.92 Å². The topological polar surface area (TPSA) is 0 Å². The molecule has 2 heteroatoms. The van der Waals surface area contributed by atoms with Crippen molar-refractivity contribution >= 4 is 0 Å². The van der Waals surface area contributed by atoms with Gasteiger partial charge in [0.25, 0.3) is 5.92 Å². The monoisotopic (exact) mass is 290 g/mol. The van der Waals surface area contributed by atoms with Crippen molar-refractivity contribution in [1.29, 1.82) is 0 Å². The predicted octanol–water partition coefficient (Wildman–Crippen LogP) is 7.25. The van der Waals surface area contributed by atoms with Gasteiger partial charge in [0.15, 0.2) is 0 Å². The maximum Gasteiger partial charge on any atom is 0.252 e. The number of alkyl halides is 2. The molecule has 0 heterocycles. The van der Waals surface area contributed by atoms with Crippen LogP contribution in [0.1, 0.15) is 87.5 Å². The van der Waals surface area contributed by atoms with Gasteiger partial charge in [-0.1, -0.05) is 79.4 Å². The Morgan fingerprint density at radius 3 is 1.50 bits per heavy atom. The van der Waals surface area contributed by atoms with E-state index >= 15 is 0 Å². The highest BCUT2D eigenvalue weighted by molar-refractivity contribution is 5.23. The second kappa shape index (κ2) is 11.3. The molecule has 0 aromatic rings. The summed E-state index contributed by atoms with van der Waals surface area (Å²) in [7, 11) is 0. The molecule has 0 saturated heterocycles. The minimum atomic E-state index is -2.46. The number of halogens is 2. The van der Waals surface area contributed by atoms with Gasteiger partial charge in [0.2, 0.25) is 0 Å². The lowest BCUT2D eigenvalue weighted by Gasteiger charge is -2.31. The van der Waals surface area contributed by atoms with Gasteiger partial charge in [-0.2, -0.15) is 0 Å². The average molecular weight is 290 g/mol. The highest BCUT2D eigenvalue weighted by Gasteiger charge is 2.36. The van der Waals surface area contributed by atoms with Gasteiger partial charge in [-0.25, -0.2) is 8.78 Å². The van der Waals surface area contributed by atoms with Crippen molar-refractivity contribution in [2.24, 2.45) is 11.8 Å². The Kier molecular flexibility index (Phi) is 12.3. The smallest absolute Gasteiger partial charge is 0.207 e. The molecule has 1 aliphatic carbocycles. The third kappa shape index (κ3) is 9.50. The van der Waals surface area contributed by atoms with Gasteiger partial charge in [0, 0.05) is 12.8 Å². The summed E-state index contributed by atoms with van der Waals surface area (Å²) < 4.78 is 26.4. The second-order valence-electron chi connectivity index (χ2n) is 6.31. The summed E-state index contributed by atoms with van der Waals surface area (Å²) in [6.07, 6.45) is 3.10. The van der Waals surface area contributed by atoms with Gasteiger partial charge < -0.3 is 0 Å². The molecule has 0 fully saturated rings. The molecule has 0 radical (unpaired) electrons. The van der Waals surface area contributed by atoms with Crippen LogP contribution in [0.4, 0.5) is 8.78 Å². The molecule has 0 atom stereocenters. The van der Waals surface area contributed by atoms with Crippen LogP contribution in [-0.2, 0) is 0 Å². The molecule has 0 aromatic carbocycles. The van der Waals surface area contributed by atoms with Gasteiger partial charge >= 0.3 is 0 Å². The van der Waals surface area contributed by atoms with Crippen LogP contribution in [0.3, 0.4) is 0 Å². The minimum Gasteiger partial charge on any atom is -0.207 e. The molecule has 0 nitrogen and oxygen atoms in total. The number of allylic oxidation sites excluding steroid dienone is 2. The first-order valence-electron chi connectivity index (χ1n) is 8.26. The van der Waals surface area contributed by atoms with Crippen LogP contribution < -0.4 is 0 Å². The van der Waals surface area contributed by atoms with Gasteiger partial charge in [0.1, 0.15) is 0 Å². The van der Waals surface area contributed by atoms with E-state index in [4.69, 9.17) is 0 Å². The molecular formula is C18H36F2. The molecule has 1 rings (SSSR count). The third-order valence-electron chi connectivity index (χ3n) is 3.02. The lowest BCUT2D eigenvalue weighted by molar-refractivity contribution is -0.0152. The first-order valence-corrected chi connectivity index (χ1v) is 8.26. The number of rotatable bonds is 2. The molecule has 0 saturated carbocycles. The fourth-order valence-electron chi connectivity index (χ4n) is 2.19. The van der Waals surface area contributed by atoms with Crippen LogP contribution in [-0.4, -0.2) is 5.92 Å².